The number of anilines is 2. The molecule has 2 aliphatic rings. The van der Waals surface area contributed by atoms with Crippen molar-refractivity contribution in [3.05, 3.63) is 12.1 Å². The van der Waals surface area contributed by atoms with Gasteiger partial charge in [0, 0.05) is 31.8 Å². The molecule has 2 aliphatic heterocycles. The van der Waals surface area contributed by atoms with Gasteiger partial charge in [-0.15, -0.1) is 6.42 Å². The lowest BCUT2D eigenvalue weighted by Crippen LogP contribution is -2.57. The van der Waals surface area contributed by atoms with Crippen LogP contribution in [0.4, 0.5) is 11.4 Å². The van der Waals surface area contributed by atoms with Gasteiger partial charge in [0.2, 0.25) is 0 Å². The summed E-state index contributed by atoms with van der Waals surface area (Å²) in [5, 5.41) is 3.77. The molecule has 0 atom stereocenters. The van der Waals surface area contributed by atoms with Crippen molar-refractivity contribution in [3.8, 4) is 23.8 Å². The number of rotatable bonds is 3. The van der Waals surface area contributed by atoms with Crippen molar-refractivity contribution in [2.45, 2.75) is 18.4 Å². The molecule has 0 aromatic heterocycles. The van der Waals surface area contributed by atoms with Crippen molar-refractivity contribution in [1.29, 1.82) is 0 Å². The number of terminal acetylenes is 1. The largest absolute Gasteiger partial charge is 0.493 e. The highest BCUT2D eigenvalue weighted by Crippen LogP contribution is 2.44. The van der Waals surface area contributed by atoms with Gasteiger partial charge in [0.05, 0.1) is 37.7 Å². The van der Waals surface area contributed by atoms with Crippen LogP contribution in [-0.2, 0) is 0 Å². The van der Waals surface area contributed by atoms with Crippen molar-refractivity contribution in [1.82, 2.24) is 4.90 Å². The quantitative estimate of drug-likeness (QED) is 0.864. The van der Waals surface area contributed by atoms with Gasteiger partial charge >= 0.3 is 0 Å². The fraction of sp³-hybridized carbons (Fsp3) is 0.556. The van der Waals surface area contributed by atoms with E-state index in [1.165, 1.54) is 0 Å². The molecular formula is C18H25N3O2. The van der Waals surface area contributed by atoms with E-state index in [-0.39, 0.29) is 5.54 Å². The van der Waals surface area contributed by atoms with Crippen LogP contribution in [0.2, 0.25) is 0 Å². The molecule has 1 fully saturated rings. The molecule has 0 aliphatic carbocycles. The van der Waals surface area contributed by atoms with Gasteiger partial charge in [-0.3, -0.25) is 0 Å². The molecule has 0 radical (unpaired) electrons. The van der Waals surface area contributed by atoms with Crippen LogP contribution in [0.3, 0.4) is 0 Å². The highest BCUT2D eigenvalue weighted by atomic mass is 16.5. The molecule has 2 heterocycles. The molecule has 5 nitrogen and oxygen atoms in total. The standard InChI is InChI=1S/C18H25N3O2/c1-5-8-21-13-18(6-9-20(2)10-7-18)19-14-11-16(22-3)17(23-4)12-15(14)21/h1,11-12,19H,6-10,13H2,2-4H3. The van der Waals surface area contributed by atoms with Crippen molar-refractivity contribution in [3.63, 3.8) is 0 Å². The SMILES string of the molecule is C#CCN1CC2(CCN(C)CC2)Nc2cc(OC)c(OC)cc21. The molecule has 124 valence electrons. The van der Waals surface area contributed by atoms with Gasteiger partial charge in [-0.05, 0) is 19.9 Å². The highest BCUT2D eigenvalue weighted by Gasteiger charge is 2.39. The molecule has 1 N–H and O–H groups in total. The molecule has 1 spiro atoms. The van der Waals surface area contributed by atoms with Crippen molar-refractivity contribution in [2.75, 3.05) is 57.7 Å². The lowest BCUT2D eigenvalue weighted by molar-refractivity contribution is 0.205. The Bertz CT molecular complexity index is 615. The number of fused-ring (bicyclic) bond motifs is 1. The average Bonchev–Trinajstić information content (AvgIpc) is 2.57. The lowest BCUT2D eigenvalue weighted by Gasteiger charge is -2.49. The number of nitrogens with zero attached hydrogens (tertiary/aromatic N) is 2. The third-order valence-corrected chi connectivity index (χ3v) is 4.96. The third-order valence-electron chi connectivity index (χ3n) is 4.96. The van der Waals surface area contributed by atoms with Crippen molar-refractivity contribution >= 4 is 11.4 Å². The van der Waals surface area contributed by atoms with Gasteiger partial charge in [-0.1, -0.05) is 5.92 Å². The van der Waals surface area contributed by atoms with Gasteiger partial charge < -0.3 is 24.6 Å². The number of methoxy groups -OCH3 is 2. The van der Waals surface area contributed by atoms with Gasteiger partial charge in [0.1, 0.15) is 0 Å². The summed E-state index contributed by atoms with van der Waals surface area (Å²) < 4.78 is 10.9. The molecule has 0 amide bonds. The highest BCUT2D eigenvalue weighted by molar-refractivity contribution is 5.78. The van der Waals surface area contributed by atoms with Crippen LogP contribution in [0.1, 0.15) is 12.8 Å². The van der Waals surface area contributed by atoms with Crippen molar-refractivity contribution < 1.29 is 9.47 Å². The Hall–Kier alpha value is -2.06. The number of hydrogen-bond acceptors (Lipinski definition) is 5. The smallest absolute Gasteiger partial charge is 0.162 e. The Labute approximate surface area is 138 Å². The molecule has 1 aromatic rings. The van der Waals surface area contributed by atoms with E-state index in [0.29, 0.717) is 6.54 Å². The summed E-state index contributed by atoms with van der Waals surface area (Å²) in [4.78, 5) is 4.65. The minimum absolute atomic E-state index is 0.0793. The Balaban J connectivity index is 1.99. The molecule has 23 heavy (non-hydrogen) atoms. The summed E-state index contributed by atoms with van der Waals surface area (Å²) in [6.07, 6.45) is 7.83. The second-order valence-electron chi connectivity index (χ2n) is 6.49. The van der Waals surface area contributed by atoms with E-state index >= 15 is 0 Å². The third kappa shape index (κ3) is 2.91. The van der Waals surface area contributed by atoms with Gasteiger partial charge in [0.15, 0.2) is 11.5 Å². The van der Waals surface area contributed by atoms with Crippen LogP contribution in [-0.4, -0.2) is 57.9 Å². The number of benzene rings is 1. The second kappa shape index (κ2) is 6.21. The van der Waals surface area contributed by atoms with E-state index in [2.05, 4.69) is 28.1 Å². The van der Waals surface area contributed by atoms with E-state index in [4.69, 9.17) is 15.9 Å². The summed E-state index contributed by atoms with van der Waals surface area (Å²) >= 11 is 0. The van der Waals surface area contributed by atoms with E-state index in [1.54, 1.807) is 14.2 Å². The zero-order valence-corrected chi connectivity index (χ0v) is 14.2. The summed E-state index contributed by atoms with van der Waals surface area (Å²) in [5.74, 6) is 4.26. The first-order chi connectivity index (χ1) is 11.1. The molecule has 1 saturated heterocycles. The monoisotopic (exact) mass is 315 g/mol. The first-order valence-electron chi connectivity index (χ1n) is 8.02. The summed E-state index contributed by atoms with van der Waals surface area (Å²) in [6, 6.07) is 4.04. The fourth-order valence-corrected chi connectivity index (χ4v) is 3.59. The Morgan fingerprint density at radius 3 is 2.48 bits per heavy atom. The molecule has 0 bridgehead atoms. The minimum Gasteiger partial charge on any atom is -0.493 e. The van der Waals surface area contributed by atoms with E-state index in [9.17, 15) is 0 Å². The van der Waals surface area contributed by atoms with Crippen LogP contribution in [0.15, 0.2) is 12.1 Å². The number of nitrogens with one attached hydrogen (secondary N) is 1. The Morgan fingerprint density at radius 1 is 1.22 bits per heavy atom. The molecule has 0 saturated carbocycles. The number of likely N-dealkylation sites (tertiary alicyclic amines) is 1. The second-order valence-corrected chi connectivity index (χ2v) is 6.49. The number of hydrogen-bond donors (Lipinski definition) is 1. The van der Waals surface area contributed by atoms with Crippen LogP contribution in [0.5, 0.6) is 11.5 Å². The predicted octanol–water partition coefficient (Wildman–Crippen LogP) is 2.03. The first kappa shape index (κ1) is 15.8. The zero-order valence-electron chi connectivity index (χ0n) is 14.2. The maximum Gasteiger partial charge on any atom is 0.162 e. The van der Waals surface area contributed by atoms with E-state index in [1.807, 2.05) is 12.1 Å². The average molecular weight is 315 g/mol. The van der Waals surface area contributed by atoms with E-state index in [0.717, 1.165) is 55.3 Å². The fourth-order valence-electron chi connectivity index (χ4n) is 3.59. The van der Waals surface area contributed by atoms with Crippen LogP contribution < -0.4 is 19.7 Å². The molecule has 1 aromatic carbocycles. The molecule has 3 rings (SSSR count). The Morgan fingerprint density at radius 2 is 1.87 bits per heavy atom. The Kier molecular flexibility index (Phi) is 4.27. The van der Waals surface area contributed by atoms with E-state index < -0.39 is 0 Å². The lowest BCUT2D eigenvalue weighted by atomic mass is 9.84. The molecule has 5 heteroatoms. The van der Waals surface area contributed by atoms with Gasteiger partial charge in [-0.25, -0.2) is 0 Å². The molecular weight excluding hydrogens is 290 g/mol. The van der Waals surface area contributed by atoms with Crippen LogP contribution in [0.25, 0.3) is 0 Å². The maximum atomic E-state index is 5.61. The number of ether oxygens (including phenoxy) is 2. The minimum atomic E-state index is 0.0793. The topological polar surface area (TPSA) is 37.0 Å². The van der Waals surface area contributed by atoms with Gasteiger partial charge in [0.25, 0.3) is 0 Å². The van der Waals surface area contributed by atoms with Gasteiger partial charge in [-0.2, -0.15) is 0 Å². The zero-order chi connectivity index (χ0) is 16.4. The van der Waals surface area contributed by atoms with Crippen LogP contribution >= 0.6 is 0 Å². The van der Waals surface area contributed by atoms with Crippen LogP contribution in [0, 0.1) is 12.3 Å². The van der Waals surface area contributed by atoms with Crippen molar-refractivity contribution in [2.24, 2.45) is 0 Å². The summed E-state index contributed by atoms with van der Waals surface area (Å²) in [7, 11) is 5.50. The predicted molar refractivity (Wildman–Crippen MR) is 93.7 cm³/mol. The number of piperidine rings is 1. The molecule has 0 unspecified atom stereocenters. The normalized spacial score (nSPS) is 19.7. The summed E-state index contributed by atoms with van der Waals surface area (Å²) in [6.45, 7) is 3.72. The first-order valence-corrected chi connectivity index (χ1v) is 8.02. The maximum absolute atomic E-state index is 5.61. The summed E-state index contributed by atoms with van der Waals surface area (Å²) in [5.41, 5.74) is 2.24.